The SMILES string of the molecule is CCc1cnn2c(NC(CC)Cc3c[nH]c4ccccc34)cc(-c3cncc(F)c3)nc12. The molecule has 1 aromatic carbocycles. The first-order valence-corrected chi connectivity index (χ1v) is 11.0. The Morgan fingerprint density at radius 2 is 1.97 bits per heavy atom. The number of fused-ring (bicyclic) bond motifs is 2. The van der Waals surface area contributed by atoms with Crippen molar-refractivity contribution in [3.63, 3.8) is 0 Å². The molecule has 5 aromatic rings. The molecule has 0 amide bonds. The smallest absolute Gasteiger partial charge is 0.161 e. The summed E-state index contributed by atoms with van der Waals surface area (Å²) in [5.41, 5.74) is 5.55. The largest absolute Gasteiger partial charge is 0.367 e. The van der Waals surface area contributed by atoms with Crippen LogP contribution in [0.2, 0.25) is 0 Å². The summed E-state index contributed by atoms with van der Waals surface area (Å²) in [7, 11) is 0. The Hall–Kier alpha value is -3.74. The topological polar surface area (TPSA) is 70.9 Å². The van der Waals surface area contributed by atoms with Crippen LogP contribution in [-0.4, -0.2) is 30.6 Å². The van der Waals surface area contributed by atoms with E-state index in [1.807, 2.05) is 22.8 Å². The number of hydrogen-bond acceptors (Lipinski definition) is 4. The van der Waals surface area contributed by atoms with Gasteiger partial charge >= 0.3 is 0 Å². The second kappa shape index (κ2) is 8.42. The Bertz CT molecular complexity index is 1390. The highest BCUT2D eigenvalue weighted by atomic mass is 19.1. The molecule has 0 spiro atoms. The molecular formula is C25H25FN6. The highest BCUT2D eigenvalue weighted by molar-refractivity contribution is 5.83. The summed E-state index contributed by atoms with van der Waals surface area (Å²) in [6.07, 6.45) is 9.38. The van der Waals surface area contributed by atoms with Gasteiger partial charge in [-0.2, -0.15) is 9.61 Å². The normalized spacial score (nSPS) is 12.5. The van der Waals surface area contributed by atoms with Gasteiger partial charge in [-0.15, -0.1) is 0 Å². The lowest BCUT2D eigenvalue weighted by Crippen LogP contribution is -2.23. The summed E-state index contributed by atoms with van der Waals surface area (Å²) in [5, 5.41) is 9.48. The lowest BCUT2D eigenvalue weighted by Gasteiger charge is -2.19. The number of pyridine rings is 1. The molecule has 6 nitrogen and oxygen atoms in total. The molecule has 7 heteroatoms. The number of aryl methyl sites for hydroxylation is 1. The van der Waals surface area contributed by atoms with Gasteiger partial charge in [0.2, 0.25) is 0 Å². The molecule has 0 fully saturated rings. The second-order valence-corrected chi connectivity index (χ2v) is 7.99. The van der Waals surface area contributed by atoms with E-state index in [1.54, 1.807) is 6.20 Å². The number of rotatable bonds is 7. The molecule has 0 bridgehead atoms. The molecular weight excluding hydrogens is 403 g/mol. The van der Waals surface area contributed by atoms with Gasteiger partial charge in [0.05, 0.1) is 18.1 Å². The minimum absolute atomic E-state index is 0.188. The Morgan fingerprint density at radius 1 is 1.09 bits per heavy atom. The average Bonchev–Trinajstić information content (AvgIpc) is 3.42. The van der Waals surface area contributed by atoms with Crippen molar-refractivity contribution in [2.24, 2.45) is 0 Å². The summed E-state index contributed by atoms with van der Waals surface area (Å²) in [6.45, 7) is 4.25. The molecule has 0 saturated carbocycles. The number of aromatic nitrogens is 5. The summed E-state index contributed by atoms with van der Waals surface area (Å²) < 4.78 is 15.7. The van der Waals surface area contributed by atoms with E-state index in [4.69, 9.17) is 4.98 Å². The summed E-state index contributed by atoms with van der Waals surface area (Å²) in [4.78, 5) is 12.1. The number of hydrogen-bond donors (Lipinski definition) is 2. The Balaban J connectivity index is 1.53. The number of nitrogens with one attached hydrogen (secondary N) is 2. The Morgan fingerprint density at radius 3 is 2.78 bits per heavy atom. The zero-order chi connectivity index (χ0) is 22.1. The number of aromatic amines is 1. The van der Waals surface area contributed by atoms with Crippen molar-refractivity contribution in [1.29, 1.82) is 0 Å². The predicted octanol–water partition coefficient (Wildman–Crippen LogP) is 5.41. The van der Waals surface area contributed by atoms with E-state index in [0.717, 1.165) is 41.8 Å². The monoisotopic (exact) mass is 428 g/mol. The molecule has 2 N–H and O–H groups in total. The summed E-state index contributed by atoms with van der Waals surface area (Å²) in [6, 6.07) is 11.9. The third-order valence-electron chi connectivity index (χ3n) is 5.91. The zero-order valence-corrected chi connectivity index (χ0v) is 18.1. The number of anilines is 1. The number of nitrogens with zero attached hydrogens (tertiary/aromatic N) is 4. The maximum Gasteiger partial charge on any atom is 0.161 e. The van der Waals surface area contributed by atoms with E-state index in [9.17, 15) is 4.39 Å². The molecule has 32 heavy (non-hydrogen) atoms. The van der Waals surface area contributed by atoms with Crippen LogP contribution in [0.15, 0.2) is 61.2 Å². The van der Waals surface area contributed by atoms with E-state index in [-0.39, 0.29) is 11.9 Å². The van der Waals surface area contributed by atoms with Crippen molar-refractivity contribution in [2.45, 2.75) is 39.2 Å². The number of para-hydroxylation sites is 1. The number of benzene rings is 1. The maximum absolute atomic E-state index is 13.8. The van der Waals surface area contributed by atoms with E-state index in [0.29, 0.717) is 11.3 Å². The van der Waals surface area contributed by atoms with Crippen LogP contribution in [-0.2, 0) is 12.8 Å². The fourth-order valence-electron chi connectivity index (χ4n) is 4.13. The zero-order valence-electron chi connectivity index (χ0n) is 18.1. The van der Waals surface area contributed by atoms with Crippen molar-refractivity contribution >= 4 is 22.4 Å². The number of halogens is 1. The molecule has 0 saturated heterocycles. The highest BCUT2D eigenvalue weighted by Crippen LogP contribution is 2.26. The maximum atomic E-state index is 13.8. The molecule has 162 valence electrons. The van der Waals surface area contributed by atoms with E-state index in [2.05, 4.69) is 58.6 Å². The summed E-state index contributed by atoms with van der Waals surface area (Å²) in [5.74, 6) is 0.453. The van der Waals surface area contributed by atoms with Crippen LogP contribution < -0.4 is 5.32 Å². The molecule has 4 heterocycles. The lowest BCUT2D eigenvalue weighted by molar-refractivity contribution is 0.622. The van der Waals surface area contributed by atoms with Crippen LogP contribution >= 0.6 is 0 Å². The van der Waals surface area contributed by atoms with Gasteiger partial charge in [-0.05, 0) is 37.0 Å². The molecule has 1 atom stereocenters. The van der Waals surface area contributed by atoms with E-state index >= 15 is 0 Å². The predicted molar refractivity (Wildman–Crippen MR) is 125 cm³/mol. The number of H-pyrrole nitrogens is 1. The average molecular weight is 429 g/mol. The van der Waals surface area contributed by atoms with E-state index in [1.165, 1.54) is 23.2 Å². The van der Waals surface area contributed by atoms with Gasteiger partial charge in [-0.25, -0.2) is 9.37 Å². The molecule has 1 unspecified atom stereocenters. The van der Waals surface area contributed by atoms with Crippen molar-refractivity contribution in [3.05, 3.63) is 78.1 Å². The van der Waals surface area contributed by atoms with Crippen LogP contribution in [0.3, 0.4) is 0 Å². The second-order valence-electron chi connectivity index (χ2n) is 7.99. The minimum atomic E-state index is -0.381. The Labute approximate surface area is 185 Å². The molecule has 0 aliphatic heterocycles. The summed E-state index contributed by atoms with van der Waals surface area (Å²) >= 11 is 0. The first-order valence-electron chi connectivity index (χ1n) is 11.0. The lowest BCUT2D eigenvalue weighted by atomic mass is 10.0. The highest BCUT2D eigenvalue weighted by Gasteiger charge is 2.17. The quantitative estimate of drug-likeness (QED) is 0.364. The van der Waals surface area contributed by atoms with Crippen LogP contribution in [0, 0.1) is 5.82 Å². The first-order chi connectivity index (χ1) is 15.7. The standard InChI is InChI=1S/C25H25FN6/c1-3-16-14-29-32-24(11-23(31-25(16)32)18-9-19(26)15-27-12-18)30-20(4-2)10-17-13-28-22-8-6-5-7-21(17)22/h5-9,11-15,20,28,30H,3-4,10H2,1-2H3. The van der Waals surface area contributed by atoms with E-state index < -0.39 is 0 Å². The molecule has 5 rings (SSSR count). The van der Waals surface area contributed by atoms with Crippen LogP contribution in [0.5, 0.6) is 0 Å². The third-order valence-corrected chi connectivity index (χ3v) is 5.91. The Kier molecular flexibility index (Phi) is 5.31. The van der Waals surface area contributed by atoms with Gasteiger partial charge in [-0.1, -0.05) is 32.0 Å². The van der Waals surface area contributed by atoms with Gasteiger partial charge in [0.25, 0.3) is 0 Å². The van der Waals surface area contributed by atoms with Crippen molar-refractivity contribution in [2.75, 3.05) is 5.32 Å². The first kappa shape index (κ1) is 20.2. The molecule has 0 aliphatic carbocycles. The van der Waals surface area contributed by atoms with Crippen molar-refractivity contribution < 1.29 is 4.39 Å². The van der Waals surface area contributed by atoms with Crippen LogP contribution in [0.25, 0.3) is 27.8 Å². The minimum Gasteiger partial charge on any atom is -0.367 e. The molecule has 4 aromatic heterocycles. The fourth-order valence-corrected chi connectivity index (χ4v) is 4.13. The molecule has 0 radical (unpaired) electrons. The van der Waals surface area contributed by atoms with Crippen LogP contribution in [0.4, 0.5) is 10.2 Å². The van der Waals surface area contributed by atoms with Gasteiger partial charge in [0, 0.05) is 46.5 Å². The van der Waals surface area contributed by atoms with Crippen LogP contribution in [0.1, 0.15) is 31.4 Å². The van der Waals surface area contributed by atoms with Crippen molar-refractivity contribution in [3.8, 4) is 11.3 Å². The molecule has 0 aliphatic rings. The van der Waals surface area contributed by atoms with Gasteiger partial charge in [0.15, 0.2) is 5.65 Å². The van der Waals surface area contributed by atoms with Gasteiger partial charge in [0.1, 0.15) is 11.6 Å². The van der Waals surface area contributed by atoms with Crippen molar-refractivity contribution in [1.82, 2.24) is 24.6 Å². The fraction of sp³-hybridized carbons (Fsp3) is 0.240. The third kappa shape index (κ3) is 3.70. The van der Waals surface area contributed by atoms with Gasteiger partial charge in [-0.3, -0.25) is 4.98 Å². The van der Waals surface area contributed by atoms with Gasteiger partial charge < -0.3 is 10.3 Å².